The third-order valence-electron chi connectivity index (χ3n) is 5.44. The summed E-state index contributed by atoms with van der Waals surface area (Å²) in [5, 5.41) is 0. The molecule has 0 radical (unpaired) electrons. The van der Waals surface area contributed by atoms with Gasteiger partial charge in [-0.15, -0.1) is 0 Å². The first-order chi connectivity index (χ1) is 12.5. The van der Waals surface area contributed by atoms with Gasteiger partial charge in [0.2, 0.25) is 10.0 Å². The third kappa shape index (κ3) is 3.37. The average molecular weight is 372 g/mol. The molecule has 2 aromatic carbocycles. The lowest BCUT2D eigenvalue weighted by molar-refractivity contribution is 0.313. The minimum absolute atomic E-state index is 0.384. The second kappa shape index (κ2) is 7.02. The normalized spacial score (nSPS) is 19.3. The standard InChI is InChI=1S/C20H25N3O2S/c1-21-12-14-22(15-13-21)19-6-8-20(9-7-19)26(24,25)23-11-10-17-4-2-3-5-18(17)16-23/h2-9H,10-16H2,1H3. The van der Waals surface area contributed by atoms with Gasteiger partial charge in [0.15, 0.2) is 0 Å². The van der Waals surface area contributed by atoms with Crippen LogP contribution in [0.3, 0.4) is 0 Å². The summed E-state index contributed by atoms with van der Waals surface area (Å²) in [5.41, 5.74) is 3.46. The van der Waals surface area contributed by atoms with Crippen molar-refractivity contribution in [3.63, 3.8) is 0 Å². The van der Waals surface area contributed by atoms with E-state index in [4.69, 9.17) is 0 Å². The van der Waals surface area contributed by atoms with Crippen molar-refractivity contribution in [2.75, 3.05) is 44.7 Å². The van der Waals surface area contributed by atoms with Gasteiger partial charge >= 0.3 is 0 Å². The van der Waals surface area contributed by atoms with E-state index in [1.54, 1.807) is 16.4 Å². The Bertz CT molecular complexity index is 872. The summed E-state index contributed by atoms with van der Waals surface area (Å²) in [6, 6.07) is 15.5. The van der Waals surface area contributed by atoms with Crippen LogP contribution in [-0.2, 0) is 23.0 Å². The van der Waals surface area contributed by atoms with Gasteiger partial charge in [0, 0.05) is 45.0 Å². The number of fused-ring (bicyclic) bond motifs is 1. The molecule has 138 valence electrons. The summed E-state index contributed by atoms with van der Waals surface area (Å²) >= 11 is 0. The maximum atomic E-state index is 13.0. The first-order valence-electron chi connectivity index (χ1n) is 9.14. The fourth-order valence-electron chi connectivity index (χ4n) is 3.72. The summed E-state index contributed by atoms with van der Waals surface area (Å²) in [4.78, 5) is 5.01. The van der Waals surface area contributed by atoms with Gasteiger partial charge in [0.05, 0.1) is 4.90 Å². The minimum Gasteiger partial charge on any atom is -0.369 e. The smallest absolute Gasteiger partial charge is 0.243 e. The van der Waals surface area contributed by atoms with E-state index in [-0.39, 0.29) is 0 Å². The van der Waals surface area contributed by atoms with Crippen LogP contribution < -0.4 is 4.90 Å². The molecule has 0 unspecified atom stereocenters. The Hall–Kier alpha value is -1.89. The number of anilines is 1. The van der Waals surface area contributed by atoms with Gasteiger partial charge in [0.1, 0.15) is 0 Å². The summed E-state index contributed by atoms with van der Waals surface area (Å²) in [5.74, 6) is 0. The predicted octanol–water partition coefficient (Wildman–Crippen LogP) is 2.19. The average Bonchev–Trinajstić information content (AvgIpc) is 2.68. The van der Waals surface area contributed by atoms with Crippen LogP contribution in [-0.4, -0.2) is 57.4 Å². The molecule has 26 heavy (non-hydrogen) atoms. The zero-order valence-electron chi connectivity index (χ0n) is 15.1. The van der Waals surface area contributed by atoms with Crippen molar-refractivity contribution in [3.8, 4) is 0 Å². The number of likely N-dealkylation sites (N-methyl/N-ethyl adjacent to an activating group) is 1. The molecule has 2 aromatic rings. The van der Waals surface area contributed by atoms with Gasteiger partial charge in [-0.2, -0.15) is 4.31 Å². The van der Waals surface area contributed by atoms with Crippen LogP contribution in [0.4, 0.5) is 5.69 Å². The molecule has 0 saturated carbocycles. The molecular formula is C20H25N3O2S. The van der Waals surface area contributed by atoms with Crippen molar-refractivity contribution in [1.82, 2.24) is 9.21 Å². The SMILES string of the molecule is CN1CCN(c2ccc(S(=O)(=O)N3CCc4ccccc4C3)cc2)CC1. The van der Waals surface area contributed by atoms with Gasteiger partial charge in [-0.3, -0.25) is 0 Å². The lowest BCUT2D eigenvalue weighted by Crippen LogP contribution is -2.44. The third-order valence-corrected chi connectivity index (χ3v) is 7.30. The predicted molar refractivity (Wildman–Crippen MR) is 104 cm³/mol. The minimum atomic E-state index is -3.45. The van der Waals surface area contributed by atoms with Crippen LogP contribution in [0.1, 0.15) is 11.1 Å². The zero-order valence-corrected chi connectivity index (χ0v) is 16.0. The molecule has 2 aliphatic rings. The number of benzene rings is 2. The molecule has 0 aliphatic carbocycles. The fourth-order valence-corrected chi connectivity index (χ4v) is 5.14. The molecule has 2 heterocycles. The Morgan fingerprint density at radius 1 is 0.808 bits per heavy atom. The van der Waals surface area contributed by atoms with Crippen LogP contribution in [0.25, 0.3) is 0 Å². The van der Waals surface area contributed by atoms with Gasteiger partial charge in [-0.1, -0.05) is 24.3 Å². The van der Waals surface area contributed by atoms with Gasteiger partial charge < -0.3 is 9.80 Å². The highest BCUT2D eigenvalue weighted by Crippen LogP contribution is 2.26. The molecule has 6 heteroatoms. The molecule has 0 amide bonds. The molecule has 1 saturated heterocycles. The van der Waals surface area contributed by atoms with Crippen molar-refractivity contribution in [2.24, 2.45) is 0 Å². The fraction of sp³-hybridized carbons (Fsp3) is 0.400. The molecule has 5 nitrogen and oxygen atoms in total. The Morgan fingerprint density at radius 2 is 1.46 bits per heavy atom. The topological polar surface area (TPSA) is 43.9 Å². The Labute approximate surface area is 155 Å². The van der Waals surface area contributed by atoms with E-state index in [1.165, 1.54) is 5.56 Å². The van der Waals surface area contributed by atoms with E-state index in [1.807, 2.05) is 30.3 Å². The first kappa shape index (κ1) is 17.5. The number of nitrogens with zero attached hydrogens (tertiary/aromatic N) is 3. The molecule has 0 N–H and O–H groups in total. The van der Waals surface area contributed by atoms with Crippen LogP contribution in [0.5, 0.6) is 0 Å². The van der Waals surface area contributed by atoms with Crippen molar-refractivity contribution < 1.29 is 8.42 Å². The number of rotatable bonds is 3. The van der Waals surface area contributed by atoms with E-state index in [9.17, 15) is 8.42 Å². The number of piperazine rings is 1. The van der Waals surface area contributed by atoms with Crippen LogP contribution in [0, 0.1) is 0 Å². The van der Waals surface area contributed by atoms with Gasteiger partial charge in [-0.05, 0) is 48.9 Å². The summed E-state index contributed by atoms with van der Waals surface area (Å²) < 4.78 is 27.7. The van der Waals surface area contributed by atoms with Gasteiger partial charge in [-0.25, -0.2) is 8.42 Å². The molecule has 2 aliphatic heterocycles. The maximum absolute atomic E-state index is 13.0. The molecule has 0 atom stereocenters. The van der Waals surface area contributed by atoms with E-state index in [2.05, 4.69) is 22.9 Å². The van der Waals surface area contributed by atoms with Crippen LogP contribution in [0.15, 0.2) is 53.4 Å². The van der Waals surface area contributed by atoms with E-state index < -0.39 is 10.0 Å². The maximum Gasteiger partial charge on any atom is 0.243 e. The highest BCUT2D eigenvalue weighted by molar-refractivity contribution is 7.89. The number of sulfonamides is 1. The largest absolute Gasteiger partial charge is 0.369 e. The van der Waals surface area contributed by atoms with Crippen molar-refractivity contribution in [3.05, 3.63) is 59.7 Å². The Balaban J connectivity index is 1.51. The molecule has 0 aromatic heterocycles. The second-order valence-corrected chi connectivity index (χ2v) is 9.08. The van der Waals surface area contributed by atoms with Crippen molar-refractivity contribution >= 4 is 15.7 Å². The molecular weight excluding hydrogens is 346 g/mol. The molecule has 0 spiro atoms. The van der Waals surface area contributed by atoms with Crippen molar-refractivity contribution in [2.45, 2.75) is 17.9 Å². The van der Waals surface area contributed by atoms with Crippen LogP contribution >= 0.6 is 0 Å². The van der Waals surface area contributed by atoms with E-state index >= 15 is 0 Å². The highest BCUT2D eigenvalue weighted by atomic mass is 32.2. The summed E-state index contributed by atoms with van der Waals surface area (Å²) in [6.45, 7) is 5.02. The Kier molecular flexibility index (Phi) is 4.73. The van der Waals surface area contributed by atoms with E-state index in [0.29, 0.717) is 18.0 Å². The number of hydrogen-bond donors (Lipinski definition) is 0. The van der Waals surface area contributed by atoms with E-state index in [0.717, 1.165) is 43.9 Å². The highest BCUT2D eigenvalue weighted by Gasteiger charge is 2.28. The monoisotopic (exact) mass is 371 g/mol. The molecule has 0 bridgehead atoms. The lowest BCUT2D eigenvalue weighted by atomic mass is 10.0. The zero-order chi connectivity index (χ0) is 18.1. The quantitative estimate of drug-likeness (QED) is 0.830. The second-order valence-electron chi connectivity index (χ2n) is 7.14. The summed E-state index contributed by atoms with van der Waals surface area (Å²) in [6.07, 6.45) is 0.773. The van der Waals surface area contributed by atoms with Crippen molar-refractivity contribution in [1.29, 1.82) is 0 Å². The molecule has 4 rings (SSSR count). The summed E-state index contributed by atoms with van der Waals surface area (Å²) in [7, 11) is -1.33. The van der Waals surface area contributed by atoms with Crippen LogP contribution in [0.2, 0.25) is 0 Å². The van der Waals surface area contributed by atoms with Gasteiger partial charge in [0.25, 0.3) is 0 Å². The Morgan fingerprint density at radius 3 is 2.15 bits per heavy atom. The molecule has 1 fully saturated rings. The lowest BCUT2D eigenvalue weighted by Gasteiger charge is -2.34. The first-order valence-corrected chi connectivity index (χ1v) is 10.6. The number of hydrogen-bond acceptors (Lipinski definition) is 4.